The predicted octanol–water partition coefficient (Wildman–Crippen LogP) is 3.37. The molecule has 1 rings (SSSR count). The van der Waals surface area contributed by atoms with Crippen molar-refractivity contribution in [2.45, 2.75) is 52.0 Å². The molecule has 0 aliphatic rings. The van der Waals surface area contributed by atoms with Crippen LogP contribution in [0.5, 0.6) is 5.75 Å². The highest BCUT2D eigenvalue weighted by molar-refractivity contribution is 5.27. The SMILES string of the molecule is CCC(CC)CNC(C)(CN)CCc1ccc(OC)cc1. The van der Waals surface area contributed by atoms with E-state index in [-0.39, 0.29) is 5.54 Å². The lowest BCUT2D eigenvalue weighted by molar-refractivity contribution is 0.304. The third kappa shape index (κ3) is 6.06. The third-order valence-electron chi connectivity index (χ3n) is 4.55. The Hall–Kier alpha value is -1.06. The maximum Gasteiger partial charge on any atom is 0.118 e. The summed E-state index contributed by atoms with van der Waals surface area (Å²) in [5, 5.41) is 3.69. The van der Waals surface area contributed by atoms with Gasteiger partial charge in [-0.15, -0.1) is 0 Å². The Morgan fingerprint density at radius 3 is 2.29 bits per heavy atom. The summed E-state index contributed by atoms with van der Waals surface area (Å²) in [5.41, 5.74) is 7.35. The van der Waals surface area contributed by atoms with Gasteiger partial charge in [0.05, 0.1) is 7.11 Å². The van der Waals surface area contributed by atoms with Gasteiger partial charge >= 0.3 is 0 Å². The van der Waals surface area contributed by atoms with E-state index >= 15 is 0 Å². The van der Waals surface area contributed by atoms with Gasteiger partial charge in [0.25, 0.3) is 0 Å². The van der Waals surface area contributed by atoms with E-state index in [4.69, 9.17) is 10.5 Å². The number of ether oxygens (including phenoxy) is 1. The lowest BCUT2D eigenvalue weighted by Crippen LogP contribution is -2.50. The summed E-state index contributed by atoms with van der Waals surface area (Å²) in [6, 6.07) is 8.31. The maximum atomic E-state index is 6.00. The molecule has 0 aliphatic heterocycles. The smallest absolute Gasteiger partial charge is 0.118 e. The van der Waals surface area contributed by atoms with Gasteiger partial charge in [-0.1, -0.05) is 38.8 Å². The van der Waals surface area contributed by atoms with Gasteiger partial charge in [-0.2, -0.15) is 0 Å². The van der Waals surface area contributed by atoms with Gasteiger partial charge in [0.2, 0.25) is 0 Å². The minimum absolute atomic E-state index is 0.0164. The molecule has 0 amide bonds. The van der Waals surface area contributed by atoms with Crippen LogP contribution in [0.25, 0.3) is 0 Å². The number of hydrogen-bond acceptors (Lipinski definition) is 3. The molecule has 0 heterocycles. The summed E-state index contributed by atoms with van der Waals surface area (Å²) >= 11 is 0. The van der Waals surface area contributed by atoms with Gasteiger partial charge in [0.15, 0.2) is 0 Å². The highest BCUT2D eigenvalue weighted by Crippen LogP contribution is 2.17. The van der Waals surface area contributed by atoms with Crippen molar-refractivity contribution in [1.29, 1.82) is 0 Å². The number of aryl methyl sites for hydroxylation is 1. The first-order valence-electron chi connectivity index (χ1n) is 8.15. The van der Waals surface area contributed by atoms with Crippen LogP contribution in [-0.4, -0.2) is 25.7 Å². The minimum atomic E-state index is 0.0164. The standard InChI is InChI=1S/C18H32N2O/c1-5-15(6-2)13-20-18(3,14-19)12-11-16-7-9-17(21-4)10-8-16/h7-10,15,20H,5-6,11-14,19H2,1-4H3. The van der Waals surface area contributed by atoms with Crippen LogP contribution in [-0.2, 0) is 6.42 Å². The Morgan fingerprint density at radius 2 is 1.81 bits per heavy atom. The Balaban J connectivity index is 2.51. The molecular weight excluding hydrogens is 260 g/mol. The minimum Gasteiger partial charge on any atom is -0.497 e. The second-order valence-electron chi connectivity index (χ2n) is 6.18. The number of nitrogens with two attached hydrogens (primary N) is 1. The Kier molecular flexibility index (Phi) is 7.76. The van der Waals surface area contributed by atoms with E-state index in [9.17, 15) is 0 Å². The number of methoxy groups -OCH3 is 1. The van der Waals surface area contributed by atoms with Crippen LogP contribution in [0, 0.1) is 5.92 Å². The molecule has 0 radical (unpaired) electrons. The first-order chi connectivity index (χ1) is 10.1. The normalized spacial score (nSPS) is 14.2. The summed E-state index contributed by atoms with van der Waals surface area (Å²) in [6.07, 6.45) is 4.54. The van der Waals surface area contributed by atoms with Gasteiger partial charge in [-0.05, 0) is 49.9 Å². The second kappa shape index (κ2) is 9.06. The molecule has 3 nitrogen and oxygen atoms in total. The van der Waals surface area contributed by atoms with E-state index in [0.29, 0.717) is 6.54 Å². The van der Waals surface area contributed by atoms with Crippen LogP contribution in [0.15, 0.2) is 24.3 Å². The molecular formula is C18H32N2O. The molecule has 21 heavy (non-hydrogen) atoms. The number of rotatable bonds is 10. The molecule has 0 aromatic heterocycles. The molecule has 3 heteroatoms. The molecule has 0 bridgehead atoms. The van der Waals surface area contributed by atoms with E-state index in [1.54, 1.807) is 7.11 Å². The first kappa shape index (κ1) is 18.0. The first-order valence-corrected chi connectivity index (χ1v) is 8.15. The van der Waals surface area contributed by atoms with Crippen molar-refractivity contribution in [3.05, 3.63) is 29.8 Å². The van der Waals surface area contributed by atoms with Crippen LogP contribution >= 0.6 is 0 Å². The number of hydrogen-bond donors (Lipinski definition) is 2. The Labute approximate surface area is 130 Å². The van der Waals surface area contributed by atoms with E-state index < -0.39 is 0 Å². The molecule has 0 saturated carbocycles. The van der Waals surface area contributed by atoms with Crippen molar-refractivity contribution in [2.75, 3.05) is 20.2 Å². The van der Waals surface area contributed by atoms with E-state index in [1.165, 1.54) is 18.4 Å². The molecule has 0 saturated heterocycles. The van der Waals surface area contributed by atoms with Crippen LogP contribution in [0.2, 0.25) is 0 Å². The summed E-state index contributed by atoms with van der Waals surface area (Å²) in [4.78, 5) is 0. The fourth-order valence-electron chi connectivity index (χ4n) is 2.44. The van der Waals surface area contributed by atoms with E-state index in [2.05, 4.69) is 38.2 Å². The second-order valence-corrected chi connectivity index (χ2v) is 6.18. The third-order valence-corrected chi connectivity index (χ3v) is 4.55. The topological polar surface area (TPSA) is 47.3 Å². The van der Waals surface area contributed by atoms with Gasteiger partial charge < -0.3 is 15.8 Å². The molecule has 1 unspecified atom stereocenters. The van der Waals surface area contributed by atoms with Gasteiger partial charge in [0.1, 0.15) is 5.75 Å². The Bertz CT molecular complexity index is 387. The molecule has 0 spiro atoms. The molecule has 1 atom stereocenters. The average Bonchev–Trinajstić information content (AvgIpc) is 2.54. The van der Waals surface area contributed by atoms with Crippen molar-refractivity contribution < 1.29 is 4.74 Å². The number of benzene rings is 1. The highest BCUT2D eigenvalue weighted by atomic mass is 16.5. The van der Waals surface area contributed by atoms with Gasteiger partial charge in [-0.25, -0.2) is 0 Å². The largest absolute Gasteiger partial charge is 0.497 e. The fraction of sp³-hybridized carbons (Fsp3) is 0.667. The van der Waals surface area contributed by atoms with Crippen LogP contribution in [0.4, 0.5) is 0 Å². The molecule has 1 aromatic carbocycles. The highest BCUT2D eigenvalue weighted by Gasteiger charge is 2.22. The zero-order valence-corrected chi connectivity index (χ0v) is 14.1. The summed E-state index contributed by atoms with van der Waals surface area (Å²) in [5.74, 6) is 1.66. The zero-order chi connectivity index (χ0) is 15.7. The van der Waals surface area contributed by atoms with Crippen molar-refractivity contribution >= 4 is 0 Å². The summed E-state index contributed by atoms with van der Waals surface area (Å²) < 4.78 is 5.19. The average molecular weight is 292 g/mol. The molecule has 0 fully saturated rings. The summed E-state index contributed by atoms with van der Waals surface area (Å²) in [7, 11) is 1.70. The monoisotopic (exact) mass is 292 g/mol. The quantitative estimate of drug-likeness (QED) is 0.695. The van der Waals surface area contributed by atoms with Crippen molar-refractivity contribution in [2.24, 2.45) is 11.7 Å². The van der Waals surface area contributed by atoms with E-state index in [0.717, 1.165) is 31.1 Å². The van der Waals surface area contributed by atoms with E-state index in [1.807, 2.05) is 12.1 Å². The Morgan fingerprint density at radius 1 is 1.19 bits per heavy atom. The molecule has 3 N–H and O–H groups in total. The molecule has 0 aliphatic carbocycles. The zero-order valence-electron chi connectivity index (χ0n) is 14.1. The van der Waals surface area contributed by atoms with Gasteiger partial charge in [0, 0.05) is 12.1 Å². The van der Waals surface area contributed by atoms with Crippen molar-refractivity contribution in [3.8, 4) is 5.75 Å². The number of nitrogens with one attached hydrogen (secondary N) is 1. The van der Waals surface area contributed by atoms with Crippen LogP contribution in [0.3, 0.4) is 0 Å². The van der Waals surface area contributed by atoms with Gasteiger partial charge in [-0.3, -0.25) is 0 Å². The van der Waals surface area contributed by atoms with Crippen LogP contribution < -0.4 is 15.8 Å². The van der Waals surface area contributed by atoms with Crippen LogP contribution in [0.1, 0.15) is 45.6 Å². The predicted molar refractivity (Wildman–Crippen MR) is 90.8 cm³/mol. The lowest BCUT2D eigenvalue weighted by atomic mass is 9.92. The lowest BCUT2D eigenvalue weighted by Gasteiger charge is -2.31. The molecule has 1 aromatic rings. The fourth-order valence-corrected chi connectivity index (χ4v) is 2.44. The molecule has 120 valence electrons. The maximum absolute atomic E-state index is 6.00. The van der Waals surface area contributed by atoms with Crippen molar-refractivity contribution in [1.82, 2.24) is 5.32 Å². The van der Waals surface area contributed by atoms with Crippen molar-refractivity contribution in [3.63, 3.8) is 0 Å². The summed E-state index contributed by atoms with van der Waals surface area (Å²) in [6.45, 7) is 8.48.